The van der Waals surface area contributed by atoms with Crippen LogP contribution in [-0.4, -0.2) is 74.2 Å². The van der Waals surface area contributed by atoms with Gasteiger partial charge >= 0.3 is 0 Å². The van der Waals surface area contributed by atoms with Gasteiger partial charge in [0.2, 0.25) is 0 Å². The summed E-state index contributed by atoms with van der Waals surface area (Å²) in [5.74, 6) is 1.29. The topological polar surface area (TPSA) is 54.0 Å². The van der Waals surface area contributed by atoms with Gasteiger partial charge in [-0.15, -0.1) is 0 Å². The summed E-state index contributed by atoms with van der Waals surface area (Å²) >= 11 is 0. The molecular weight excluding hydrogens is 390 g/mol. The summed E-state index contributed by atoms with van der Waals surface area (Å²) in [5, 5.41) is 3.15. The molecular formula is C25H39N3O3. The molecule has 31 heavy (non-hydrogen) atoms. The van der Waals surface area contributed by atoms with E-state index in [-0.39, 0.29) is 12.0 Å². The highest BCUT2D eigenvalue weighted by atomic mass is 16.5. The third-order valence-electron chi connectivity index (χ3n) is 7.46. The van der Waals surface area contributed by atoms with Crippen LogP contribution in [0.3, 0.4) is 0 Å². The van der Waals surface area contributed by atoms with E-state index in [1.165, 1.54) is 38.5 Å². The zero-order chi connectivity index (χ0) is 21.6. The monoisotopic (exact) mass is 429 g/mol. The molecule has 1 aliphatic carbocycles. The molecule has 1 N–H and O–H groups in total. The number of hydrogen-bond acceptors (Lipinski definition) is 5. The van der Waals surface area contributed by atoms with Crippen LogP contribution in [0, 0.1) is 0 Å². The van der Waals surface area contributed by atoms with Gasteiger partial charge in [0.05, 0.1) is 12.7 Å². The third-order valence-corrected chi connectivity index (χ3v) is 7.46. The minimum absolute atomic E-state index is 0.0729. The Hall–Kier alpha value is -1.79. The Balaban J connectivity index is 1.36. The summed E-state index contributed by atoms with van der Waals surface area (Å²) in [4.78, 5) is 18.1. The maximum absolute atomic E-state index is 13.1. The number of carbonyl (C=O) groups excluding carboxylic acids is 1. The van der Waals surface area contributed by atoms with Gasteiger partial charge < -0.3 is 24.6 Å². The lowest BCUT2D eigenvalue weighted by Gasteiger charge is -2.36. The molecule has 3 aliphatic rings. The first-order valence-electron chi connectivity index (χ1n) is 12.2. The highest BCUT2D eigenvalue weighted by Gasteiger charge is 2.29. The molecule has 2 aliphatic heterocycles. The third kappa shape index (κ3) is 5.72. The number of nitrogens with zero attached hydrogens (tertiary/aromatic N) is 2. The van der Waals surface area contributed by atoms with Crippen molar-refractivity contribution in [3.8, 4) is 11.5 Å². The summed E-state index contributed by atoms with van der Waals surface area (Å²) in [6, 6.07) is 6.77. The SMILES string of the molecule is COc1ccc(OC2CCN(C3CCCC3)CC2)c(C(=O)NC[C@H]2CCCCN2C)c1. The van der Waals surface area contributed by atoms with Crippen LogP contribution in [0.15, 0.2) is 18.2 Å². The minimum atomic E-state index is -0.0729. The molecule has 0 unspecified atom stereocenters. The molecule has 4 rings (SSSR count). The van der Waals surface area contributed by atoms with Gasteiger partial charge in [0.15, 0.2) is 0 Å². The average Bonchev–Trinajstić information content (AvgIpc) is 3.34. The maximum atomic E-state index is 13.1. The van der Waals surface area contributed by atoms with Crippen molar-refractivity contribution in [2.75, 3.05) is 40.3 Å². The van der Waals surface area contributed by atoms with Crippen molar-refractivity contribution < 1.29 is 14.3 Å². The lowest BCUT2D eigenvalue weighted by molar-refractivity contribution is 0.0747. The molecule has 1 saturated carbocycles. The number of hydrogen-bond donors (Lipinski definition) is 1. The molecule has 1 aromatic carbocycles. The molecule has 0 aromatic heterocycles. The first-order valence-corrected chi connectivity index (χ1v) is 12.2. The van der Waals surface area contributed by atoms with E-state index in [0.29, 0.717) is 29.6 Å². The molecule has 0 bridgehead atoms. The summed E-state index contributed by atoms with van der Waals surface area (Å²) in [6.45, 7) is 3.97. The second-order valence-electron chi connectivity index (χ2n) is 9.49. The quantitative estimate of drug-likeness (QED) is 0.716. The van der Waals surface area contributed by atoms with Gasteiger partial charge in [-0.25, -0.2) is 0 Å². The number of likely N-dealkylation sites (tertiary alicyclic amines) is 2. The number of methoxy groups -OCH3 is 1. The van der Waals surface area contributed by atoms with Crippen molar-refractivity contribution >= 4 is 5.91 Å². The average molecular weight is 430 g/mol. The van der Waals surface area contributed by atoms with Gasteiger partial charge in [-0.1, -0.05) is 19.3 Å². The molecule has 6 nitrogen and oxygen atoms in total. The Morgan fingerprint density at radius 2 is 1.77 bits per heavy atom. The van der Waals surface area contributed by atoms with Crippen molar-refractivity contribution in [2.24, 2.45) is 0 Å². The van der Waals surface area contributed by atoms with Crippen molar-refractivity contribution in [1.82, 2.24) is 15.1 Å². The van der Waals surface area contributed by atoms with Crippen LogP contribution in [0.25, 0.3) is 0 Å². The number of piperidine rings is 2. The number of ether oxygens (including phenoxy) is 2. The van der Waals surface area contributed by atoms with Crippen molar-refractivity contribution in [3.05, 3.63) is 23.8 Å². The lowest BCUT2D eigenvalue weighted by Crippen LogP contribution is -2.44. The highest BCUT2D eigenvalue weighted by Crippen LogP contribution is 2.30. The number of amides is 1. The molecule has 6 heteroatoms. The van der Waals surface area contributed by atoms with Crippen molar-refractivity contribution in [2.45, 2.75) is 76.0 Å². The first kappa shape index (κ1) is 22.4. The van der Waals surface area contributed by atoms with E-state index in [1.807, 2.05) is 18.2 Å². The van der Waals surface area contributed by atoms with Crippen LogP contribution in [0.4, 0.5) is 0 Å². The van der Waals surface area contributed by atoms with Crippen LogP contribution in [-0.2, 0) is 0 Å². The summed E-state index contributed by atoms with van der Waals surface area (Å²) in [7, 11) is 3.78. The fraction of sp³-hybridized carbons (Fsp3) is 0.720. The van der Waals surface area contributed by atoms with Crippen LogP contribution in [0.1, 0.15) is 68.1 Å². The predicted molar refractivity (Wildman–Crippen MR) is 123 cm³/mol. The van der Waals surface area contributed by atoms with Gasteiger partial charge in [0, 0.05) is 31.7 Å². The molecule has 0 radical (unpaired) electrons. The number of rotatable bonds is 7. The molecule has 0 spiro atoms. The standard InChI is InChI=1S/C25H39N3O3/c1-27-14-6-5-9-20(27)18-26-25(29)23-17-22(30-2)10-11-24(23)31-21-12-15-28(16-13-21)19-7-3-4-8-19/h10-11,17,19-21H,3-9,12-16,18H2,1-2H3,(H,26,29)/t20-/m1/s1. The normalized spacial score (nSPS) is 24.3. The molecule has 1 atom stereocenters. The molecule has 2 saturated heterocycles. The predicted octanol–water partition coefficient (Wildman–Crippen LogP) is 3.70. The van der Waals surface area contributed by atoms with E-state index in [4.69, 9.17) is 9.47 Å². The number of benzene rings is 1. The van der Waals surface area contributed by atoms with Gasteiger partial charge in [0.1, 0.15) is 17.6 Å². The molecule has 1 aromatic rings. The number of nitrogens with one attached hydrogen (secondary N) is 1. The van der Waals surface area contributed by atoms with Gasteiger partial charge in [-0.05, 0) is 70.3 Å². The second-order valence-corrected chi connectivity index (χ2v) is 9.49. The number of carbonyl (C=O) groups is 1. The zero-order valence-corrected chi connectivity index (χ0v) is 19.3. The van der Waals surface area contributed by atoms with E-state index in [1.54, 1.807) is 7.11 Å². The van der Waals surface area contributed by atoms with Crippen LogP contribution < -0.4 is 14.8 Å². The largest absolute Gasteiger partial charge is 0.497 e. The fourth-order valence-electron chi connectivity index (χ4n) is 5.43. The van der Waals surface area contributed by atoms with Crippen LogP contribution in [0.2, 0.25) is 0 Å². The Kier molecular flexibility index (Phi) is 7.72. The summed E-state index contributed by atoms with van der Waals surface area (Å²) in [6.07, 6.45) is 11.3. The molecule has 2 heterocycles. The van der Waals surface area contributed by atoms with Crippen LogP contribution in [0.5, 0.6) is 11.5 Å². The van der Waals surface area contributed by atoms with Crippen molar-refractivity contribution in [3.63, 3.8) is 0 Å². The van der Waals surface area contributed by atoms with E-state index in [2.05, 4.69) is 22.2 Å². The number of likely N-dealkylation sites (N-methyl/N-ethyl adjacent to an activating group) is 1. The lowest BCUT2D eigenvalue weighted by atomic mass is 10.0. The Morgan fingerprint density at radius 1 is 1.03 bits per heavy atom. The van der Waals surface area contributed by atoms with Gasteiger partial charge in [0.25, 0.3) is 5.91 Å². The maximum Gasteiger partial charge on any atom is 0.255 e. The Morgan fingerprint density at radius 3 is 2.48 bits per heavy atom. The second kappa shape index (κ2) is 10.7. The molecule has 1 amide bonds. The zero-order valence-electron chi connectivity index (χ0n) is 19.3. The molecule has 172 valence electrons. The van der Waals surface area contributed by atoms with E-state index < -0.39 is 0 Å². The molecule has 3 fully saturated rings. The Bertz CT molecular complexity index is 727. The summed E-state index contributed by atoms with van der Waals surface area (Å²) in [5.41, 5.74) is 0.580. The van der Waals surface area contributed by atoms with Crippen molar-refractivity contribution in [1.29, 1.82) is 0 Å². The first-order chi connectivity index (χ1) is 15.1. The van der Waals surface area contributed by atoms with Gasteiger partial charge in [-0.2, -0.15) is 0 Å². The fourth-order valence-corrected chi connectivity index (χ4v) is 5.43. The van der Waals surface area contributed by atoms with E-state index >= 15 is 0 Å². The van der Waals surface area contributed by atoms with E-state index in [0.717, 1.165) is 44.9 Å². The smallest absolute Gasteiger partial charge is 0.255 e. The van der Waals surface area contributed by atoms with Crippen LogP contribution >= 0.6 is 0 Å². The van der Waals surface area contributed by atoms with Gasteiger partial charge in [-0.3, -0.25) is 4.79 Å². The Labute approximate surface area is 187 Å². The minimum Gasteiger partial charge on any atom is -0.497 e. The summed E-state index contributed by atoms with van der Waals surface area (Å²) < 4.78 is 11.8. The highest BCUT2D eigenvalue weighted by molar-refractivity contribution is 5.97. The van der Waals surface area contributed by atoms with E-state index in [9.17, 15) is 4.79 Å².